The molecule has 100 valence electrons. The lowest BCUT2D eigenvalue weighted by Crippen LogP contribution is -2.37. The normalized spacial score (nSPS) is 16.9. The molecule has 1 aliphatic heterocycles. The third-order valence-corrected chi connectivity index (χ3v) is 3.25. The number of rotatable bonds is 1. The van der Waals surface area contributed by atoms with Gasteiger partial charge in [-0.25, -0.2) is 0 Å². The van der Waals surface area contributed by atoms with E-state index in [-0.39, 0.29) is 16.9 Å². The van der Waals surface area contributed by atoms with Crippen molar-refractivity contribution < 1.29 is 14.9 Å². The molecule has 4 nitrogen and oxygen atoms in total. The summed E-state index contributed by atoms with van der Waals surface area (Å²) >= 11 is 0. The van der Waals surface area contributed by atoms with E-state index in [1.165, 1.54) is 0 Å². The van der Waals surface area contributed by atoms with E-state index in [2.05, 4.69) is 25.7 Å². The molecular weight excluding hydrogens is 230 g/mol. The van der Waals surface area contributed by atoms with Gasteiger partial charge in [0.15, 0.2) is 11.5 Å². The van der Waals surface area contributed by atoms with Crippen LogP contribution in [0.2, 0.25) is 0 Å². The number of hydrogen-bond donors (Lipinski definition) is 2. The second-order valence-electron chi connectivity index (χ2n) is 5.71. The van der Waals surface area contributed by atoms with E-state index in [9.17, 15) is 10.2 Å². The Morgan fingerprint density at radius 2 is 1.61 bits per heavy atom. The molecule has 4 heteroatoms. The van der Waals surface area contributed by atoms with E-state index in [1.807, 2.05) is 0 Å². The second kappa shape index (κ2) is 4.69. The first kappa shape index (κ1) is 13.0. The fourth-order valence-corrected chi connectivity index (χ4v) is 2.23. The van der Waals surface area contributed by atoms with Gasteiger partial charge in [-0.1, -0.05) is 20.8 Å². The Labute approximate surface area is 108 Å². The average molecular weight is 251 g/mol. The molecule has 1 fully saturated rings. The summed E-state index contributed by atoms with van der Waals surface area (Å²) in [6.45, 7) is 9.32. The van der Waals surface area contributed by atoms with Gasteiger partial charge in [0.1, 0.15) is 0 Å². The van der Waals surface area contributed by atoms with E-state index in [0.29, 0.717) is 13.2 Å². The highest BCUT2D eigenvalue weighted by Crippen LogP contribution is 2.39. The van der Waals surface area contributed by atoms with Gasteiger partial charge in [0.25, 0.3) is 0 Å². The molecule has 1 heterocycles. The van der Waals surface area contributed by atoms with Crippen molar-refractivity contribution in [3.63, 3.8) is 0 Å². The average Bonchev–Trinajstić information content (AvgIpc) is 2.32. The van der Waals surface area contributed by atoms with Crippen molar-refractivity contribution in [1.29, 1.82) is 0 Å². The lowest BCUT2D eigenvalue weighted by atomic mass is 9.85. The third-order valence-electron chi connectivity index (χ3n) is 3.25. The standard InChI is InChI=1S/C14H21NO3/c1-14(2,3)10-8-12(16)13(17)9-11(10)15-4-6-18-7-5-15/h8-9,16-17H,4-7H2,1-3H3. The Bertz CT molecular complexity index is 431. The molecule has 2 N–H and O–H groups in total. The SMILES string of the molecule is CC(C)(C)c1cc(O)c(O)cc1N1CCOCC1. The molecule has 0 aliphatic carbocycles. The first-order chi connectivity index (χ1) is 8.39. The Morgan fingerprint density at radius 3 is 2.17 bits per heavy atom. The monoisotopic (exact) mass is 251 g/mol. The zero-order valence-corrected chi connectivity index (χ0v) is 11.2. The van der Waals surface area contributed by atoms with Crippen LogP contribution < -0.4 is 4.90 Å². The van der Waals surface area contributed by atoms with Crippen molar-refractivity contribution in [2.45, 2.75) is 26.2 Å². The number of benzene rings is 1. The Morgan fingerprint density at radius 1 is 1.06 bits per heavy atom. The van der Waals surface area contributed by atoms with Crippen LogP contribution in [0.1, 0.15) is 26.3 Å². The Balaban J connectivity index is 2.46. The van der Waals surface area contributed by atoms with E-state index in [0.717, 1.165) is 24.3 Å². The summed E-state index contributed by atoms with van der Waals surface area (Å²) in [5.41, 5.74) is 1.94. The van der Waals surface area contributed by atoms with Crippen LogP contribution in [0.4, 0.5) is 5.69 Å². The predicted molar refractivity (Wildman–Crippen MR) is 71.5 cm³/mol. The number of morpholine rings is 1. The molecule has 0 aromatic heterocycles. The minimum Gasteiger partial charge on any atom is -0.504 e. The first-order valence-electron chi connectivity index (χ1n) is 6.29. The van der Waals surface area contributed by atoms with Gasteiger partial charge in [0, 0.05) is 24.8 Å². The van der Waals surface area contributed by atoms with Crippen molar-refractivity contribution in [1.82, 2.24) is 0 Å². The van der Waals surface area contributed by atoms with Gasteiger partial charge < -0.3 is 19.8 Å². The summed E-state index contributed by atoms with van der Waals surface area (Å²) in [6, 6.07) is 3.32. The zero-order chi connectivity index (χ0) is 13.3. The molecule has 2 rings (SSSR count). The number of aromatic hydroxyl groups is 2. The van der Waals surface area contributed by atoms with Gasteiger partial charge in [0.2, 0.25) is 0 Å². The number of nitrogens with zero attached hydrogens (tertiary/aromatic N) is 1. The van der Waals surface area contributed by atoms with Crippen LogP contribution >= 0.6 is 0 Å². The van der Waals surface area contributed by atoms with Gasteiger partial charge >= 0.3 is 0 Å². The van der Waals surface area contributed by atoms with E-state index in [1.54, 1.807) is 12.1 Å². The van der Waals surface area contributed by atoms with Crippen LogP contribution in [0.5, 0.6) is 11.5 Å². The number of hydrogen-bond acceptors (Lipinski definition) is 4. The Kier molecular flexibility index (Phi) is 3.39. The van der Waals surface area contributed by atoms with Crippen molar-refractivity contribution in [2.24, 2.45) is 0 Å². The van der Waals surface area contributed by atoms with Gasteiger partial charge in [-0.3, -0.25) is 0 Å². The summed E-state index contributed by atoms with van der Waals surface area (Å²) < 4.78 is 5.35. The van der Waals surface area contributed by atoms with Crippen molar-refractivity contribution >= 4 is 5.69 Å². The molecule has 0 radical (unpaired) electrons. The summed E-state index contributed by atoms with van der Waals surface area (Å²) in [5, 5.41) is 19.4. The molecule has 0 unspecified atom stereocenters. The number of anilines is 1. The largest absolute Gasteiger partial charge is 0.504 e. The predicted octanol–water partition coefficient (Wildman–Crippen LogP) is 2.23. The van der Waals surface area contributed by atoms with Crippen LogP contribution in [0, 0.1) is 0 Å². The highest BCUT2D eigenvalue weighted by atomic mass is 16.5. The topological polar surface area (TPSA) is 52.9 Å². The molecule has 0 spiro atoms. The van der Waals surface area contributed by atoms with Crippen molar-refractivity contribution in [3.05, 3.63) is 17.7 Å². The lowest BCUT2D eigenvalue weighted by molar-refractivity contribution is 0.122. The highest BCUT2D eigenvalue weighted by Gasteiger charge is 2.24. The summed E-state index contributed by atoms with van der Waals surface area (Å²) in [7, 11) is 0. The summed E-state index contributed by atoms with van der Waals surface area (Å²) in [4.78, 5) is 2.20. The second-order valence-corrected chi connectivity index (χ2v) is 5.71. The molecule has 1 aliphatic rings. The molecule has 1 aromatic rings. The van der Waals surface area contributed by atoms with Crippen LogP contribution in [-0.4, -0.2) is 36.5 Å². The molecule has 0 saturated carbocycles. The fraction of sp³-hybridized carbons (Fsp3) is 0.571. The van der Waals surface area contributed by atoms with E-state index in [4.69, 9.17) is 4.74 Å². The van der Waals surface area contributed by atoms with Crippen LogP contribution in [0.25, 0.3) is 0 Å². The maximum atomic E-state index is 9.71. The number of ether oxygens (including phenoxy) is 1. The third kappa shape index (κ3) is 2.53. The van der Waals surface area contributed by atoms with Crippen LogP contribution in [-0.2, 0) is 10.2 Å². The molecule has 0 bridgehead atoms. The molecule has 1 aromatic carbocycles. The van der Waals surface area contributed by atoms with Crippen LogP contribution in [0.3, 0.4) is 0 Å². The van der Waals surface area contributed by atoms with Crippen LogP contribution in [0.15, 0.2) is 12.1 Å². The smallest absolute Gasteiger partial charge is 0.159 e. The zero-order valence-electron chi connectivity index (χ0n) is 11.2. The van der Waals surface area contributed by atoms with Crippen molar-refractivity contribution in [3.8, 4) is 11.5 Å². The molecule has 0 atom stereocenters. The molecular formula is C14H21NO3. The van der Waals surface area contributed by atoms with Gasteiger partial charge in [-0.05, 0) is 17.0 Å². The van der Waals surface area contributed by atoms with Gasteiger partial charge in [-0.15, -0.1) is 0 Å². The Hall–Kier alpha value is -1.42. The summed E-state index contributed by atoms with van der Waals surface area (Å²) in [6.07, 6.45) is 0. The van der Waals surface area contributed by atoms with E-state index >= 15 is 0 Å². The maximum absolute atomic E-state index is 9.71. The fourth-order valence-electron chi connectivity index (χ4n) is 2.23. The maximum Gasteiger partial charge on any atom is 0.159 e. The number of phenols is 2. The minimum absolute atomic E-state index is 0.0584. The number of phenolic OH excluding ortho intramolecular Hbond substituents is 2. The molecule has 0 amide bonds. The highest BCUT2D eigenvalue weighted by molar-refractivity contribution is 5.63. The lowest BCUT2D eigenvalue weighted by Gasteiger charge is -2.34. The first-order valence-corrected chi connectivity index (χ1v) is 6.29. The summed E-state index contributed by atoms with van der Waals surface area (Å²) in [5.74, 6) is -0.124. The minimum atomic E-state index is -0.0845. The molecule has 18 heavy (non-hydrogen) atoms. The van der Waals surface area contributed by atoms with Gasteiger partial charge in [-0.2, -0.15) is 0 Å². The van der Waals surface area contributed by atoms with Gasteiger partial charge in [0.05, 0.1) is 13.2 Å². The van der Waals surface area contributed by atoms with Crippen molar-refractivity contribution in [2.75, 3.05) is 31.2 Å². The van der Waals surface area contributed by atoms with E-state index < -0.39 is 0 Å². The quantitative estimate of drug-likeness (QED) is 0.752. The molecule has 1 saturated heterocycles.